The van der Waals surface area contributed by atoms with Crippen LogP contribution in [0.3, 0.4) is 0 Å². The number of rotatable bonds is 12. The number of nitrogen functional groups attached to an aromatic ring is 1. The first-order valence-electron chi connectivity index (χ1n) is 12.8. The monoisotopic (exact) mass is 597 g/mol. The van der Waals surface area contributed by atoms with E-state index in [1.54, 1.807) is 18.2 Å². The molecule has 1 aromatic carbocycles. The van der Waals surface area contributed by atoms with E-state index < -0.39 is 57.1 Å². The number of nitrogens with zero attached hydrogens (tertiary/aromatic N) is 4. The molecule has 1 saturated heterocycles. The van der Waals surface area contributed by atoms with E-state index in [4.69, 9.17) is 19.5 Å². The largest absolute Gasteiger partial charge is 0.468 e. The molecule has 222 valence electrons. The second-order valence-corrected chi connectivity index (χ2v) is 11.5. The molecule has 3 aromatic rings. The predicted octanol–water partition coefficient (Wildman–Crippen LogP) is 2.27. The first kappa shape index (κ1) is 29.1. The van der Waals surface area contributed by atoms with Crippen molar-refractivity contribution in [3.8, 4) is 5.75 Å². The van der Waals surface area contributed by atoms with Crippen LogP contribution in [0.4, 0.5) is 20.5 Å². The molecule has 3 heterocycles. The molecule has 0 radical (unpaired) electrons. The van der Waals surface area contributed by atoms with Gasteiger partial charge in [-0.15, -0.1) is 0 Å². The van der Waals surface area contributed by atoms with Gasteiger partial charge in [-0.1, -0.05) is 18.2 Å². The Morgan fingerprint density at radius 3 is 2.73 bits per heavy atom. The molecule has 1 saturated carbocycles. The first-order chi connectivity index (χ1) is 19.6. The minimum Gasteiger partial charge on any atom is -0.468 e. The Morgan fingerprint density at radius 2 is 2.07 bits per heavy atom. The number of hydrogen-bond donors (Lipinski definition) is 4. The highest BCUT2D eigenvalue weighted by Gasteiger charge is 2.59. The Kier molecular flexibility index (Phi) is 8.12. The van der Waals surface area contributed by atoms with Crippen LogP contribution in [0.15, 0.2) is 36.7 Å². The van der Waals surface area contributed by atoms with Crippen molar-refractivity contribution >= 4 is 36.6 Å². The van der Waals surface area contributed by atoms with Gasteiger partial charge in [-0.3, -0.25) is 13.9 Å². The maximum Gasteiger partial charge on any atom is 0.459 e. The fraction of sp³-hybridized carbons (Fsp3) is 0.500. The number of carbonyl (C=O) groups is 1. The number of halogens is 2. The van der Waals surface area contributed by atoms with Crippen LogP contribution in [-0.2, 0) is 23.4 Å². The van der Waals surface area contributed by atoms with Gasteiger partial charge >= 0.3 is 13.7 Å². The van der Waals surface area contributed by atoms with Gasteiger partial charge in [0.1, 0.15) is 30.7 Å². The predicted molar refractivity (Wildman–Crippen MR) is 141 cm³/mol. The van der Waals surface area contributed by atoms with Gasteiger partial charge in [0.25, 0.3) is 0 Å². The lowest BCUT2D eigenvalue weighted by Crippen LogP contribution is -2.45. The summed E-state index contributed by atoms with van der Waals surface area (Å²) in [6.07, 6.45) is -2.28. The number of nitrogens with one attached hydrogen (secondary N) is 2. The molecule has 41 heavy (non-hydrogen) atoms. The van der Waals surface area contributed by atoms with Gasteiger partial charge in [0, 0.05) is 6.04 Å². The van der Waals surface area contributed by atoms with Crippen molar-refractivity contribution < 1.29 is 41.8 Å². The number of alkyl halides is 2. The molecule has 0 spiro atoms. The van der Waals surface area contributed by atoms with Gasteiger partial charge in [-0.25, -0.2) is 18.3 Å². The normalized spacial score (nSPS) is 26.4. The number of carbonyl (C=O) groups excluding carboxylic acids is 1. The molecule has 1 unspecified atom stereocenters. The molecule has 14 nitrogen and oxygen atoms in total. The van der Waals surface area contributed by atoms with Crippen molar-refractivity contribution in [2.75, 3.05) is 31.4 Å². The molecule has 0 amide bonds. The summed E-state index contributed by atoms with van der Waals surface area (Å²) in [5, 5.41) is 16.4. The summed E-state index contributed by atoms with van der Waals surface area (Å²) in [7, 11) is -3.21. The molecular formula is C24H30F2N7O7P. The summed E-state index contributed by atoms with van der Waals surface area (Å²) < 4.78 is 66.5. The second-order valence-electron chi connectivity index (χ2n) is 9.78. The molecule has 6 atom stereocenters. The lowest BCUT2D eigenvalue weighted by molar-refractivity contribution is -0.142. The second kappa shape index (κ2) is 11.4. The highest BCUT2D eigenvalue weighted by molar-refractivity contribution is 7.52. The number of benzene rings is 1. The number of imidazole rings is 1. The van der Waals surface area contributed by atoms with E-state index in [0.29, 0.717) is 5.82 Å². The van der Waals surface area contributed by atoms with E-state index in [-0.39, 0.29) is 28.9 Å². The number of aromatic nitrogens is 4. The molecule has 1 aliphatic carbocycles. The smallest absolute Gasteiger partial charge is 0.459 e. The molecule has 5 rings (SSSR count). The number of aliphatic hydroxyl groups is 1. The van der Waals surface area contributed by atoms with Crippen molar-refractivity contribution in [1.82, 2.24) is 24.6 Å². The van der Waals surface area contributed by atoms with Gasteiger partial charge in [0.2, 0.25) is 11.6 Å². The van der Waals surface area contributed by atoms with Gasteiger partial charge in [-0.2, -0.15) is 15.1 Å². The van der Waals surface area contributed by atoms with E-state index in [1.165, 1.54) is 25.4 Å². The lowest BCUT2D eigenvalue weighted by atomic mass is 9.97. The fourth-order valence-electron chi connectivity index (χ4n) is 4.36. The molecule has 2 aliphatic rings. The molecular weight excluding hydrogens is 567 g/mol. The summed E-state index contributed by atoms with van der Waals surface area (Å²) in [5.41, 5.74) is 3.21. The Hall–Kier alpha value is -3.43. The third-order valence-corrected chi connectivity index (χ3v) is 8.30. The Bertz CT molecular complexity index is 1450. The summed E-state index contributed by atoms with van der Waals surface area (Å²) in [5.74, 6) is -0.420. The summed E-state index contributed by atoms with van der Waals surface area (Å²) in [6.45, 7) is -0.988. The lowest BCUT2D eigenvalue weighted by Gasteiger charge is -2.26. The highest BCUT2D eigenvalue weighted by atomic mass is 31.2. The summed E-state index contributed by atoms with van der Waals surface area (Å²) >= 11 is 0. The van der Waals surface area contributed by atoms with Crippen molar-refractivity contribution in [2.45, 2.75) is 56.0 Å². The number of esters is 1. The molecule has 0 bridgehead atoms. The molecule has 1 aliphatic heterocycles. The third kappa shape index (κ3) is 5.97. The van der Waals surface area contributed by atoms with Crippen LogP contribution in [0, 0.1) is 0 Å². The molecule has 2 aromatic heterocycles. The minimum absolute atomic E-state index is 0.0570. The van der Waals surface area contributed by atoms with Crippen LogP contribution in [0.2, 0.25) is 0 Å². The topological polar surface area (TPSA) is 185 Å². The van der Waals surface area contributed by atoms with Gasteiger partial charge < -0.3 is 30.2 Å². The zero-order valence-corrected chi connectivity index (χ0v) is 23.0. The fourth-order valence-corrected chi connectivity index (χ4v) is 5.86. The van der Waals surface area contributed by atoms with Crippen LogP contribution in [-0.4, -0.2) is 80.9 Å². The van der Waals surface area contributed by atoms with E-state index in [9.17, 15) is 18.9 Å². The van der Waals surface area contributed by atoms with Gasteiger partial charge in [-0.05, 0) is 31.9 Å². The minimum atomic E-state index is -4.36. The summed E-state index contributed by atoms with van der Waals surface area (Å²) in [4.78, 5) is 24.5. The number of para-hydroxylation sites is 1. The van der Waals surface area contributed by atoms with Gasteiger partial charge in [0.15, 0.2) is 23.2 Å². The zero-order chi connectivity index (χ0) is 29.4. The van der Waals surface area contributed by atoms with Crippen LogP contribution in [0.25, 0.3) is 11.2 Å². The van der Waals surface area contributed by atoms with Crippen LogP contribution in [0.5, 0.6) is 5.75 Å². The van der Waals surface area contributed by atoms with E-state index in [0.717, 1.165) is 24.5 Å². The number of fused-ring (bicyclic) bond motifs is 1. The van der Waals surface area contributed by atoms with E-state index >= 15 is 4.39 Å². The van der Waals surface area contributed by atoms with Crippen LogP contribution >= 0.6 is 7.75 Å². The molecule has 17 heteroatoms. The zero-order valence-electron chi connectivity index (χ0n) is 22.1. The average molecular weight is 598 g/mol. The number of anilines is 2. The SMILES string of the molecule is COC(=O)[C@H](C)NP(=O)(OC[C@H]1O[C@@H](n2cnc3c(NC4CC4)nc(N)nc32)[C@@](F)(CF)[C@@H]1O)Oc1ccccc1. The quantitative estimate of drug-likeness (QED) is 0.176. The van der Waals surface area contributed by atoms with E-state index in [2.05, 4.69) is 30.1 Å². The Labute approximate surface area is 233 Å². The maximum absolute atomic E-state index is 16.1. The highest BCUT2D eigenvalue weighted by Crippen LogP contribution is 2.48. The first-order valence-corrected chi connectivity index (χ1v) is 14.3. The summed E-state index contributed by atoms with van der Waals surface area (Å²) in [6, 6.07) is 6.99. The number of aliphatic hydroxyl groups excluding tert-OH is 1. The number of hydrogen-bond acceptors (Lipinski definition) is 12. The van der Waals surface area contributed by atoms with Crippen molar-refractivity contribution in [1.29, 1.82) is 0 Å². The number of nitrogens with two attached hydrogens (primary N) is 1. The average Bonchev–Trinajstić information content (AvgIpc) is 3.62. The Balaban J connectivity index is 1.39. The van der Waals surface area contributed by atoms with Crippen molar-refractivity contribution in [2.24, 2.45) is 0 Å². The number of methoxy groups -OCH3 is 1. The van der Waals surface area contributed by atoms with E-state index in [1.807, 2.05) is 0 Å². The molecule has 5 N–H and O–H groups in total. The van der Waals surface area contributed by atoms with Gasteiger partial charge in [0.05, 0.1) is 20.0 Å². The maximum atomic E-state index is 16.1. The van der Waals surface area contributed by atoms with Crippen LogP contribution < -0.4 is 20.7 Å². The molecule has 2 fully saturated rings. The Morgan fingerprint density at radius 1 is 1.34 bits per heavy atom. The van der Waals surface area contributed by atoms with Crippen LogP contribution in [0.1, 0.15) is 26.0 Å². The van der Waals surface area contributed by atoms with Crippen molar-refractivity contribution in [3.63, 3.8) is 0 Å². The van der Waals surface area contributed by atoms with Crippen molar-refractivity contribution in [3.05, 3.63) is 36.7 Å². The third-order valence-electron chi connectivity index (χ3n) is 6.66. The number of ether oxygens (including phenoxy) is 2. The standard InChI is InChI=1S/C24H30F2N7O7P/c1-13(21(35)37-2)32-41(36,40-15-6-4-3-5-7-15)38-10-16-18(34)24(26,11-25)22(39-16)33-12-28-17-19(29-14-8-9-14)30-23(27)31-20(17)33/h3-7,12-14,16,18,22,34H,8-11H2,1-2H3,(H,32,36)(H3,27,29,30,31)/t13-,16+,18+,22+,24+,41?/m0/s1.